The molecule has 6 heteroatoms. The molecule has 0 saturated carbocycles. The van der Waals surface area contributed by atoms with Crippen LogP contribution in [0.4, 0.5) is 0 Å². The van der Waals surface area contributed by atoms with Gasteiger partial charge in [-0.2, -0.15) is 0 Å². The van der Waals surface area contributed by atoms with Gasteiger partial charge in [0, 0.05) is 36.6 Å². The summed E-state index contributed by atoms with van der Waals surface area (Å²) >= 11 is 0. The summed E-state index contributed by atoms with van der Waals surface area (Å²) < 4.78 is 5.47. The number of aromatic amines is 2. The first-order valence-electron chi connectivity index (χ1n) is 9.30. The van der Waals surface area contributed by atoms with E-state index >= 15 is 0 Å². The Labute approximate surface area is 156 Å². The molecule has 2 aromatic heterocycles. The maximum atomic E-state index is 12.6. The molecule has 0 aliphatic carbocycles. The average molecular weight is 360 g/mol. The molecule has 0 radical (unpaired) electrons. The van der Waals surface area contributed by atoms with Crippen molar-refractivity contribution in [3.63, 3.8) is 0 Å². The van der Waals surface area contributed by atoms with E-state index in [1.165, 1.54) is 5.69 Å². The third-order valence-electron chi connectivity index (χ3n) is 5.28. The number of aromatic nitrogens is 4. The van der Waals surface area contributed by atoms with Crippen LogP contribution >= 0.6 is 0 Å². The maximum Gasteiger partial charge on any atom is 0.204 e. The van der Waals surface area contributed by atoms with E-state index in [-0.39, 0.29) is 11.6 Å². The van der Waals surface area contributed by atoms with Crippen LogP contribution in [0.1, 0.15) is 40.6 Å². The van der Waals surface area contributed by atoms with Crippen LogP contribution in [0.2, 0.25) is 0 Å². The van der Waals surface area contributed by atoms with E-state index in [1.807, 2.05) is 42.5 Å². The number of imidazole rings is 1. The topological polar surface area (TPSA) is 83.7 Å². The second kappa shape index (κ2) is 6.63. The molecule has 0 atom stereocenters. The van der Waals surface area contributed by atoms with Gasteiger partial charge in [0.2, 0.25) is 5.78 Å². The summed E-state index contributed by atoms with van der Waals surface area (Å²) in [7, 11) is 0. The highest BCUT2D eigenvalue weighted by Crippen LogP contribution is 2.32. The number of carbonyl (C=O) groups excluding carboxylic acids is 1. The Bertz CT molecular complexity index is 1110. The first-order valence-corrected chi connectivity index (χ1v) is 9.30. The van der Waals surface area contributed by atoms with Crippen LogP contribution in [0.25, 0.3) is 21.9 Å². The molecule has 0 amide bonds. The van der Waals surface area contributed by atoms with E-state index in [2.05, 4.69) is 20.2 Å². The van der Waals surface area contributed by atoms with E-state index < -0.39 is 0 Å². The Hall–Kier alpha value is -2.99. The molecule has 6 nitrogen and oxygen atoms in total. The molecule has 0 spiro atoms. The fraction of sp³-hybridized carbons (Fsp3) is 0.286. The van der Waals surface area contributed by atoms with Gasteiger partial charge in [0.05, 0.1) is 16.6 Å². The molecule has 0 unspecified atom stereocenters. The summed E-state index contributed by atoms with van der Waals surface area (Å²) in [5.41, 5.74) is 4.66. The van der Waals surface area contributed by atoms with Crippen LogP contribution in [-0.2, 0) is 11.2 Å². The number of hydrogen-bond donors (Lipinski definition) is 2. The standard InChI is InChI=1S/C21H20N4O2/c26-19(10-13-4-2-1-3-5-13)21-22-17-11-15-16(12-18(17)23-21)24-25-20(15)14-6-8-27-9-7-14/h1-5,11-12,14,24-25H,6-10H2. The highest BCUT2D eigenvalue weighted by atomic mass is 16.5. The van der Waals surface area contributed by atoms with Crippen molar-refractivity contribution in [1.82, 2.24) is 20.2 Å². The first-order chi connectivity index (χ1) is 13.3. The van der Waals surface area contributed by atoms with Crippen molar-refractivity contribution in [3.8, 4) is 0 Å². The lowest BCUT2D eigenvalue weighted by Gasteiger charge is -2.21. The van der Waals surface area contributed by atoms with Gasteiger partial charge in [-0.25, -0.2) is 9.97 Å². The van der Waals surface area contributed by atoms with Gasteiger partial charge in [0.15, 0.2) is 5.82 Å². The van der Waals surface area contributed by atoms with Crippen molar-refractivity contribution in [2.24, 2.45) is 0 Å². The summed E-state index contributed by atoms with van der Waals surface area (Å²) in [5.74, 6) is 0.683. The number of nitrogens with zero attached hydrogens (tertiary/aromatic N) is 2. The normalized spacial score (nSPS) is 15.6. The van der Waals surface area contributed by atoms with E-state index in [0.717, 1.165) is 53.6 Å². The predicted octanol–water partition coefficient (Wildman–Crippen LogP) is 3.76. The lowest BCUT2D eigenvalue weighted by Crippen LogP contribution is -2.14. The molecule has 0 bridgehead atoms. The number of ketones is 1. The third kappa shape index (κ3) is 3.02. The van der Waals surface area contributed by atoms with Gasteiger partial charge in [-0.1, -0.05) is 30.3 Å². The number of ether oxygens (including phenoxy) is 1. The average Bonchev–Trinajstić information content (AvgIpc) is 3.31. The zero-order valence-electron chi connectivity index (χ0n) is 14.9. The van der Waals surface area contributed by atoms with Crippen molar-refractivity contribution in [2.45, 2.75) is 25.2 Å². The van der Waals surface area contributed by atoms with Gasteiger partial charge >= 0.3 is 0 Å². The molecule has 1 saturated heterocycles. The lowest BCUT2D eigenvalue weighted by molar-refractivity contribution is 0.0847. The fourth-order valence-corrected chi connectivity index (χ4v) is 3.83. The minimum Gasteiger partial charge on any atom is -0.381 e. The molecule has 1 aliphatic rings. The van der Waals surface area contributed by atoms with Crippen LogP contribution < -0.4 is 0 Å². The van der Waals surface area contributed by atoms with Crippen molar-refractivity contribution in [3.05, 3.63) is 59.5 Å². The quantitative estimate of drug-likeness (QED) is 0.543. The molecule has 2 aromatic carbocycles. The fourth-order valence-electron chi connectivity index (χ4n) is 3.83. The summed E-state index contributed by atoms with van der Waals surface area (Å²) in [4.78, 5) is 21.6. The lowest BCUT2D eigenvalue weighted by atomic mass is 9.94. The summed E-state index contributed by atoms with van der Waals surface area (Å²) in [5, 5.41) is 7.67. The zero-order valence-corrected chi connectivity index (χ0v) is 14.9. The maximum absolute atomic E-state index is 12.6. The largest absolute Gasteiger partial charge is 0.381 e. The molecule has 1 aliphatic heterocycles. The Morgan fingerprint density at radius 3 is 2.56 bits per heavy atom. The molecule has 3 heterocycles. The predicted molar refractivity (Wildman–Crippen MR) is 103 cm³/mol. The van der Waals surface area contributed by atoms with E-state index in [4.69, 9.17) is 4.74 Å². The number of hydrogen-bond acceptors (Lipinski definition) is 4. The Morgan fingerprint density at radius 2 is 1.78 bits per heavy atom. The van der Waals surface area contributed by atoms with E-state index in [0.29, 0.717) is 12.3 Å². The summed E-state index contributed by atoms with van der Waals surface area (Å²) in [6.07, 6.45) is 2.33. The van der Waals surface area contributed by atoms with Gasteiger partial charge in [-0.05, 0) is 30.5 Å². The van der Waals surface area contributed by atoms with Crippen LogP contribution in [0.3, 0.4) is 0 Å². The van der Waals surface area contributed by atoms with E-state index in [1.54, 1.807) is 0 Å². The SMILES string of the molecule is O=C(Cc1ccccc1)c1nc2cc3[nH][nH]c(C4CCOCC4)c3cc2n1. The Morgan fingerprint density at radius 1 is 1.04 bits per heavy atom. The van der Waals surface area contributed by atoms with Gasteiger partial charge < -0.3 is 14.9 Å². The summed E-state index contributed by atoms with van der Waals surface area (Å²) in [6, 6.07) is 13.7. The van der Waals surface area contributed by atoms with Gasteiger partial charge in [-0.3, -0.25) is 4.79 Å². The molecule has 1 fully saturated rings. The van der Waals surface area contributed by atoms with Crippen molar-refractivity contribution >= 4 is 27.7 Å². The number of benzene rings is 2. The van der Waals surface area contributed by atoms with Gasteiger partial charge in [0.25, 0.3) is 0 Å². The van der Waals surface area contributed by atoms with E-state index in [9.17, 15) is 4.79 Å². The highest BCUT2D eigenvalue weighted by Gasteiger charge is 2.21. The van der Waals surface area contributed by atoms with Gasteiger partial charge in [0.1, 0.15) is 0 Å². The Balaban J connectivity index is 1.49. The zero-order chi connectivity index (χ0) is 18.2. The minimum absolute atomic E-state index is 0.0581. The second-order valence-corrected chi connectivity index (χ2v) is 7.07. The molecular weight excluding hydrogens is 340 g/mol. The molecule has 4 aromatic rings. The smallest absolute Gasteiger partial charge is 0.204 e. The van der Waals surface area contributed by atoms with Crippen molar-refractivity contribution in [2.75, 3.05) is 13.2 Å². The van der Waals surface area contributed by atoms with Crippen LogP contribution in [0.5, 0.6) is 0 Å². The number of fused-ring (bicyclic) bond motifs is 2. The molecule has 136 valence electrons. The molecule has 5 rings (SSSR count). The number of rotatable bonds is 4. The molecule has 27 heavy (non-hydrogen) atoms. The van der Waals surface area contributed by atoms with Crippen molar-refractivity contribution < 1.29 is 9.53 Å². The number of carbonyl (C=O) groups is 1. The highest BCUT2D eigenvalue weighted by molar-refractivity contribution is 6.00. The number of H-pyrrole nitrogens is 2. The molecular formula is C21H20N4O2. The third-order valence-corrected chi connectivity index (χ3v) is 5.28. The van der Waals surface area contributed by atoms with Crippen LogP contribution in [-0.4, -0.2) is 39.2 Å². The van der Waals surface area contributed by atoms with Crippen molar-refractivity contribution in [1.29, 1.82) is 0 Å². The minimum atomic E-state index is -0.0581. The summed E-state index contributed by atoms with van der Waals surface area (Å²) in [6.45, 7) is 1.59. The second-order valence-electron chi connectivity index (χ2n) is 7.07. The van der Waals surface area contributed by atoms with Crippen LogP contribution in [0.15, 0.2) is 42.5 Å². The van der Waals surface area contributed by atoms with Gasteiger partial charge in [-0.15, -0.1) is 0 Å². The Kier molecular flexibility index (Phi) is 3.98. The van der Waals surface area contributed by atoms with Crippen LogP contribution in [0, 0.1) is 0 Å². The molecule has 2 N–H and O–H groups in total. The number of nitrogens with one attached hydrogen (secondary N) is 2. The monoisotopic (exact) mass is 360 g/mol. The first kappa shape index (κ1) is 16.2. The number of Topliss-reactive ketones (excluding diaryl/α,β-unsaturated/α-hetero) is 1.